The van der Waals surface area contributed by atoms with Gasteiger partial charge >= 0.3 is 0 Å². The van der Waals surface area contributed by atoms with E-state index in [-0.39, 0.29) is 0 Å². The van der Waals surface area contributed by atoms with Crippen molar-refractivity contribution in [2.24, 2.45) is 0 Å². The number of anilines is 1. The molecular formula is C18H18ClN3O2. The highest BCUT2D eigenvalue weighted by Crippen LogP contribution is 2.33. The molecule has 0 radical (unpaired) electrons. The Labute approximate surface area is 145 Å². The summed E-state index contributed by atoms with van der Waals surface area (Å²) in [6.07, 6.45) is 2.34. The summed E-state index contributed by atoms with van der Waals surface area (Å²) in [7, 11) is 3.21. The number of fused-ring (bicyclic) bond motifs is 1. The molecule has 0 fully saturated rings. The summed E-state index contributed by atoms with van der Waals surface area (Å²) in [6.45, 7) is 0.712. The largest absolute Gasteiger partial charge is 0.493 e. The molecule has 1 aromatic heterocycles. The lowest BCUT2D eigenvalue weighted by atomic mass is 10.1. The van der Waals surface area contributed by atoms with Crippen molar-refractivity contribution in [1.82, 2.24) is 9.97 Å². The molecule has 0 saturated heterocycles. The highest BCUT2D eigenvalue weighted by atomic mass is 35.5. The van der Waals surface area contributed by atoms with Crippen molar-refractivity contribution < 1.29 is 9.47 Å². The van der Waals surface area contributed by atoms with Crippen molar-refractivity contribution in [2.45, 2.75) is 6.42 Å². The van der Waals surface area contributed by atoms with Crippen LogP contribution < -0.4 is 14.8 Å². The molecule has 0 amide bonds. The van der Waals surface area contributed by atoms with Crippen molar-refractivity contribution in [3.8, 4) is 11.5 Å². The van der Waals surface area contributed by atoms with E-state index in [0.29, 0.717) is 18.0 Å². The molecule has 1 N–H and O–H groups in total. The standard InChI is InChI=1S/C18H18ClN3O2/c1-23-16-9-13-15(10-17(16)24-2)21-11-22-18(13)20-8-7-12-5-3-4-6-14(12)19/h3-6,9-11H,7-8H2,1-2H3,(H,20,21,22). The quantitative estimate of drug-likeness (QED) is 0.734. The molecule has 3 aromatic rings. The van der Waals surface area contributed by atoms with Gasteiger partial charge in [-0.1, -0.05) is 29.8 Å². The summed E-state index contributed by atoms with van der Waals surface area (Å²) in [5.74, 6) is 2.05. The molecular weight excluding hydrogens is 326 g/mol. The van der Waals surface area contributed by atoms with Crippen LogP contribution in [0.15, 0.2) is 42.7 Å². The molecule has 0 atom stereocenters. The third-order valence-corrected chi connectivity index (χ3v) is 4.15. The highest BCUT2D eigenvalue weighted by molar-refractivity contribution is 6.31. The Bertz CT molecular complexity index is 855. The average Bonchev–Trinajstić information content (AvgIpc) is 2.62. The number of methoxy groups -OCH3 is 2. The minimum atomic E-state index is 0.644. The number of nitrogens with one attached hydrogen (secondary N) is 1. The van der Waals surface area contributed by atoms with Crippen LogP contribution in [0.3, 0.4) is 0 Å². The van der Waals surface area contributed by atoms with Crippen molar-refractivity contribution in [3.05, 3.63) is 53.3 Å². The molecule has 6 heteroatoms. The van der Waals surface area contributed by atoms with Crippen molar-refractivity contribution in [1.29, 1.82) is 0 Å². The van der Waals surface area contributed by atoms with E-state index in [1.807, 2.05) is 36.4 Å². The minimum Gasteiger partial charge on any atom is -0.493 e. The molecule has 0 aliphatic heterocycles. The third-order valence-electron chi connectivity index (χ3n) is 3.79. The summed E-state index contributed by atoms with van der Waals surface area (Å²) >= 11 is 6.19. The van der Waals surface area contributed by atoms with Gasteiger partial charge in [0.1, 0.15) is 12.1 Å². The Morgan fingerprint density at radius 3 is 2.54 bits per heavy atom. The fraction of sp³-hybridized carbons (Fsp3) is 0.222. The van der Waals surface area contributed by atoms with Crippen molar-refractivity contribution in [2.75, 3.05) is 26.1 Å². The first-order valence-corrected chi connectivity index (χ1v) is 7.94. The molecule has 3 rings (SSSR count). The van der Waals surface area contributed by atoms with Gasteiger partial charge in [-0.2, -0.15) is 0 Å². The lowest BCUT2D eigenvalue weighted by Gasteiger charge is -2.12. The lowest BCUT2D eigenvalue weighted by Crippen LogP contribution is -2.07. The molecule has 0 spiro atoms. The van der Waals surface area contributed by atoms with E-state index in [1.165, 1.54) is 6.33 Å². The molecule has 0 saturated carbocycles. The Balaban J connectivity index is 1.83. The number of ether oxygens (including phenoxy) is 2. The monoisotopic (exact) mass is 343 g/mol. The summed E-state index contributed by atoms with van der Waals surface area (Å²) in [5, 5.41) is 5.01. The first kappa shape index (κ1) is 16.3. The summed E-state index contributed by atoms with van der Waals surface area (Å²) in [6, 6.07) is 11.6. The van der Waals surface area contributed by atoms with Crippen LogP contribution in [0.2, 0.25) is 5.02 Å². The first-order valence-electron chi connectivity index (χ1n) is 7.57. The Kier molecular flexibility index (Phi) is 5.01. The highest BCUT2D eigenvalue weighted by Gasteiger charge is 2.10. The second kappa shape index (κ2) is 7.36. The first-order chi connectivity index (χ1) is 11.7. The predicted octanol–water partition coefficient (Wildman–Crippen LogP) is 3.96. The van der Waals surface area contributed by atoms with Crippen LogP contribution in [-0.4, -0.2) is 30.7 Å². The van der Waals surface area contributed by atoms with Gasteiger partial charge in [-0.3, -0.25) is 0 Å². The van der Waals surface area contributed by atoms with E-state index in [1.54, 1.807) is 14.2 Å². The summed E-state index contributed by atoms with van der Waals surface area (Å²) in [5.41, 5.74) is 1.90. The molecule has 2 aromatic carbocycles. The maximum absolute atomic E-state index is 6.19. The zero-order chi connectivity index (χ0) is 16.9. The van der Waals surface area contributed by atoms with E-state index in [0.717, 1.165) is 33.7 Å². The van der Waals surface area contributed by atoms with Crippen molar-refractivity contribution >= 4 is 28.3 Å². The van der Waals surface area contributed by atoms with Gasteiger partial charge < -0.3 is 14.8 Å². The van der Waals surface area contributed by atoms with Crippen LogP contribution in [0, 0.1) is 0 Å². The van der Waals surface area contributed by atoms with Gasteiger partial charge in [0.25, 0.3) is 0 Å². The fourth-order valence-electron chi connectivity index (χ4n) is 2.54. The number of benzene rings is 2. The van der Waals surface area contributed by atoms with Gasteiger partial charge in [-0.15, -0.1) is 0 Å². The Morgan fingerprint density at radius 1 is 1.04 bits per heavy atom. The lowest BCUT2D eigenvalue weighted by molar-refractivity contribution is 0.356. The number of halogens is 1. The molecule has 124 valence electrons. The molecule has 0 bridgehead atoms. The molecule has 0 unspecified atom stereocenters. The van der Waals surface area contributed by atoms with Gasteiger partial charge in [0, 0.05) is 23.0 Å². The molecule has 24 heavy (non-hydrogen) atoms. The zero-order valence-electron chi connectivity index (χ0n) is 13.5. The topological polar surface area (TPSA) is 56.3 Å². The Hall–Kier alpha value is -2.53. The Morgan fingerprint density at radius 2 is 1.79 bits per heavy atom. The van der Waals surface area contributed by atoms with E-state index in [2.05, 4.69) is 15.3 Å². The van der Waals surface area contributed by atoms with Crippen LogP contribution in [0.5, 0.6) is 11.5 Å². The van der Waals surface area contributed by atoms with E-state index >= 15 is 0 Å². The number of hydrogen-bond donors (Lipinski definition) is 1. The van der Waals surface area contributed by atoms with Crippen molar-refractivity contribution in [3.63, 3.8) is 0 Å². The number of hydrogen-bond acceptors (Lipinski definition) is 5. The average molecular weight is 344 g/mol. The maximum Gasteiger partial charge on any atom is 0.162 e. The molecule has 0 aliphatic carbocycles. The van der Waals surface area contributed by atoms with Crippen LogP contribution in [0.25, 0.3) is 10.9 Å². The maximum atomic E-state index is 6.19. The SMILES string of the molecule is COc1cc2ncnc(NCCc3ccccc3Cl)c2cc1OC. The fourth-order valence-corrected chi connectivity index (χ4v) is 2.77. The summed E-state index contributed by atoms with van der Waals surface area (Å²) in [4.78, 5) is 8.64. The predicted molar refractivity (Wildman–Crippen MR) is 96.3 cm³/mol. The second-order valence-electron chi connectivity index (χ2n) is 5.21. The zero-order valence-corrected chi connectivity index (χ0v) is 14.3. The summed E-state index contributed by atoms with van der Waals surface area (Å²) < 4.78 is 10.7. The molecule has 5 nitrogen and oxygen atoms in total. The van der Waals surface area contributed by atoms with Gasteiger partial charge in [-0.05, 0) is 24.1 Å². The second-order valence-corrected chi connectivity index (χ2v) is 5.62. The van der Waals surface area contributed by atoms with Crippen LogP contribution in [0.4, 0.5) is 5.82 Å². The van der Waals surface area contributed by atoms with Gasteiger partial charge in [0.05, 0.1) is 19.7 Å². The van der Waals surface area contributed by atoms with Crippen LogP contribution in [-0.2, 0) is 6.42 Å². The third kappa shape index (κ3) is 3.36. The van der Waals surface area contributed by atoms with Gasteiger partial charge in [-0.25, -0.2) is 9.97 Å². The van der Waals surface area contributed by atoms with Crippen LogP contribution in [0.1, 0.15) is 5.56 Å². The number of aromatic nitrogens is 2. The smallest absolute Gasteiger partial charge is 0.162 e. The van der Waals surface area contributed by atoms with Gasteiger partial charge in [0.15, 0.2) is 11.5 Å². The molecule has 0 aliphatic rings. The normalized spacial score (nSPS) is 10.6. The van der Waals surface area contributed by atoms with Gasteiger partial charge in [0.2, 0.25) is 0 Å². The number of rotatable bonds is 6. The van der Waals surface area contributed by atoms with Crippen LogP contribution >= 0.6 is 11.6 Å². The van der Waals surface area contributed by atoms with E-state index < -0.39 is 0 Å². The number of nitrogens with zero attached hydrogens (tertiary/aromatic N) is 2. The molecule has 1 heterocycles. The minimum absolute atomic E-state index is 0.644. The van der Waals surface area contributed by atoms with E-state index in [9.17, 15) is 0 Å². The van der Waals surface area contributed by atoms with E-state index in [4.69, 9.17) is 21.1 Å².